The van der Waals surface area contributed by atoms with E-state index in [0.29, 0.717) is 11.8 Å². The van der Waals surface area contributed by atoms with Gasteiger partial charge in [0.15, 0.2) is 0 Å². The monoisotopic (exact) mass is 405 g/mol. The van der Waals surface area contributed by atoms with Crippen LogP contribution in [0.15, 0.2) is 30.5 Å². The third-order valence-electron chi connectivity index (χ3n) is 6.40. The summed E-state index contributed by atoms with van der Waals surface area (Å²) in [5, 5.41) is 0. The molecule has 1 saturated carbocycles. The molecule has 3 aliphatic rings. The Bertz CT molecular complexity index is 871. The molecule has 5 rings (SSSR count). The van der Waals surface area contributed by atoms with E-state index >= 15 is 0 Å². The van der Waals surface area contributed by atoms with Gasteiger partial charge < -0.3 is 4.74 Å². The number of ether oxygens (including phenoxy) is 1. The molecule has 2 aromatic heterocycles. The molecular weight excluding hydrogens is 370 g/mol. The molecule has 2 atom stereocenters. The first-order chi connectivity index (χ1) is 14.7. The number of aryl methyl sites for hydroxylation is 4. The van der Waals surface area contributed by atoms with Crippen LogP contribution in [0.1, 0.15) is 85.6 Å². The third-order valence-corrected chi connectivity index (χ3v) is 6.40. The Balaban J connectivity index is 0.000000489. The van der Waals surface area contributed by atoms with Gasteiger partial charge in [-0.1, -0.05) is 37.5 Å². The highest BCUT2D eigenvalue weighted by molar-refractivity contribution is 5.28. The van der Waals surface area contributed by atoms with Crippen LogP contribution in [0.4, 0.5) is 0 Å². The minimum absolute atomic E-state index is 0.552. The largest absolute Gasteiger partial charge is 0.477 e. The van der Waals surface area contributed by atoms with Gasteiger partial charge in [0.2, 0.25) is 5.88 Å². The number of nitrogens with zero attached hydrogens (tertiary/aromatic N) is 3. The van der Waals surface area contributed by atoms with Gasteiger partial charge in [-0.3, -0.25) is 4.98 Å². The number of fused-ring (bicyclic) bond motifs is 1. The highest BCUT2D eigenvalue weighted by atomic mass is 16.5. The molecule has 0 aromatic carbocycles. The zero-order valence-corrected chi connectivity index (χ0v) is 18.6. The molecule has 0 saturated heterocycles. The van der Waals surface area contributed by atoms with Crippen molar-refractivity contribution in [3.63, 3.8) is 0 Å². The normalized spacial score (nSPS) is 22.3. The van der Waals surface area contributed by atoms with E-state index in [2.05, 4.69) is 34.3 Å². The van der Waals surface area contributed by atoms with Crippen molar-refractivity contribution in [2.45, 2.75) is 84.0 Å². The lowest BCUT2D eigenvalue weighted by molar-refractivity contribution is 0.282. The average molecular weight is 406 g/mol. The maximum atomic E-state index is 5.98. The van der Waals surface area contributed by atoms with Gasteiger partial charge in [-0.05, 0) is 70.4 Å². The van der Waals surface area contributed by atoms with Gasteiger partial charge in [0.05, 0.1) is 6.61 Å². The molecule has 4 nitrogen and oxygen atoms in total. The number of hydrogen-bond donors (Lipinski definition) is 0. The van der Waals surface area contributed by atoms with Crippen LogP contribution in [0.5, 0.6) is 5.88 Å². The fourth-order valence-corrected chi connectivity index (χ4v) is 4.14. The SMILES string of the molecule is C1=CCC1.Cc1ncc(C)c(OCC2CC2c2ccc3c(n2)CCCCCCC3)n1. The fraction of sp³-hybridized carbons (Fsp3) is 0.577. The number of aromatic nitrogens is 3. The maximum absolute atomic E-state index is 5.98. The average Bonchev–Trinajstić information content (AvgIpc) is 3.45. The molecule has 0 radical (unpaired) electrons. The Morgan fingerprint density at radius 2 is 1.67 bits per heavy atom. The predicted molar refractivity (Wildman–Crippen MR) is 121 cm³/mol. The lowest BCUT2D eigenvalue weighted by atomic mass is 10.0. The molecule has 2 unspecified atom stereocenters. The molecule has 160 valence electrons. The van der Waals surface area contributed by atoms with Gasteiger partial charge in [-0.2, -0.15) is 4.98 Å². The zero-order chi connectivity index (χ0) is 20.8. The van der Waals surface area contributed by atoms with Crippen LogP contribution in [-0.2, 0) is 12.8 Å². The number of allylic oxidation sites excluding steroid dienone is 2. The molecule has 30 heavy (non-hydrogen) atoms. The Morgan fingerprint density at radius 3 is 2.43 bits per heavy atom. The summed E-state index contributed by atoms with van der Waals surface area (Å²) in [5.41, 5.74) is 5.12. The van der Waals surface area contributed by atoms with E-state index in [1.165, 1.54) is 74.7 Å². The third kappa shape index (κ3) is 5.68. The predicted octanol–water partition coefficient (Wildman–Crippen LogP) is 6.06. The second-order valence-electron chi connectivity index (χ2n) is 8.98. The van der Waals surface area contributed by atoms with Gasteiger partial charge >= 0.3 is 0 Å². The maximum Gasteiger partial charge on any atom is 0.219 e. The summed E-state index contributed by atoms with van der Waals surface area (Å²) < 4.78 is 5.98. The van der Waals surface area contributed by atoms with E-state index in [9.17, 15) is 0 Å². The highest BCUT2D eigenvalue weighted by Gasteiger charge is 2.40. The van der Waals surface area contributed by atoms with Crippen molar-refractivity contribution in [2.24, 2.45) is 5.92 Å². The summed E-state index contributed by atoms with van der Waals surface area (Å²) in [4.78, 5) is 13.7. The molecule has 0 bridgehead atoms. The van der Waals surface area contributed by atoms with Gasteiger partial charge in [0.1, 0.15) is 5.82 Å². The molecule has 0 N–H and O–H groups in total. The molecular formula is C26H35N3O. The molecule has 4 heteroatoms. The Morgan fingerprint density at radius 1 is 0.933 bits per heavy atom. The lowest BCUT2D eigenvalue weighted by Crippen LogP contribution is -2.06. The summed E-state index contributed by atoms with van der Waals surface area (Å²) in [5.74, 6) is 2.60. The smallest absolute Gasteiger partial charge is 0.219 e. The van der Waals surface area contributed by atoms with Crippen molar-refractivity contribution < 1.29 is 4.74 Å². The molecule has 1 fully saturated rings. The van der Waals surface area contributed by atoms with Crippen molar-refractivity contribution in [2.75, 3.05) is 6.61 Å². The van der Waals surface area contributed by atoms with Crippen LogP contribution < -0.4 is 4.74 Å². The fourth-order valence-electron chi connectivity index (χ4n) is 4.14. The van der Waals surface area contributed by atoms with Crippen molar-refractivity contribution in [3.8, 4) is 5.88 Å². The van der Waals surface area contributed by atoms with Crippen LogP contribution in [0.2, 0.25) is 0 Å². The second-order valence-corrected chi connectivity index (χ2v) is 8.98. The second kappa shape index (κ2) is 10.2. The standard InChI is InChI=1S/C22H29N3O.C4H6/c1-15-13-23-16(2)24-22(15)26-14-18-12-19(18)21-11-10-17-8-6-4-3-5-7-9-20(17)25-21;1-2-4-3-1/h10-11,13,18-19H,3-9,12,14H2,1-2H3;1-2H,3-4H2. The molecule has 2 aromatic rings. The van der Waals surface area contributed by atoms with E-state index in [-0.39, 0.29) is 0 Å². The Kier molecular flexibility index (Phi) is 7.14. The zero-order valence-electron chi connectivity index (χ0n) is 18.6. The molecule has 0 amide bonds. The van der Waals surface area contributed by atoms with E-state index in [1.807, 2.05) is 20.0 Å². The summed E-state index contributed by atoms with van der Waals surface area (Å²) >= 11 is 0. The topological polar surface area (TPSA) is 47.9 Å². The lowest BCUT2D eigenvalue weighted by Gasteiger charge is -2.10. The molecule has 0 spiro atoms. The quantitative estimate of drug-likeness (QED) is 0.580. The Hall–Kier alpha value is -2.23. The van der Waals surface area contributed by atoms with Crippen LogP contribution in [0, 0.1) is 19.8 Å². The number of rotatable bonds is 4. The van der Waals surface area contributed by atoms with E-state index in [0.717, 1.165) is 30.3 Å². The van der Waals surface area contributed by atoms with E-state index in [4.69, 9.17) is 9.72 Å². The van der Waals surface area contributed by atoms with E-state index in [1.54, 1.807) is 0 Å². The Labute approximate surface area is 181 Å². The molecule has 0 aliphatic heterocycles. The highest BCUT2D eigenvalue weighted by Crippen LogP contribution is 2.47. The van der Waals surface area contributed by atoms with Gasteiger partial charge in [-0.25, -0.2) is 4.98 Å². The number of pyridine rings is 1. The summed E-state index contributed by atoms with van der Waals surface area (Å²) in [7, 11) is 0. The van der Waals surface area contributed by atoms with Gasteiger partial charge in [0.25, 0.3) is 0 Å². The first kappa shape index (κ1) is 21.0. The summed E-state index contributed by atoms with van der Waals surface area (Å²) in [6.45, 7) is 4.62. The summed E-state index contributed by atoms with van der Waals surface area (Å²) in [6.07, 6.45) is 19.1. The number of hydrogen-bond acceptors (Lipinski definition) is 4. The van der Waals surface area contributed by atoms with Crippen LogP contribution >= 0.6 is 0 Å². The molecule has 2 heterocycles. The van der Waals surface area contributed by atoms with Crippen molar-refractivity contribution in [3.05, 3.63) is 58.8 Å². The first-order valence-electron chi connectivity index (χ1n) is 11.8. The van der Waals surface area contributed by atoms with Crippen molar-refractivity contribution >= 4 is 0 Å². The molecule has 3 aliphatic carbocycles. The minimum atomic E-state index is 0.552. The van der Waals surface area contributed by atoms with E-state index < -0.39 is 0 Å². The van der Waals surface area contributed by atoms with Crippen LogP contribution in [0.3, 0.4) is 0 Å². The summed E-state index contributed by atoms with van der Waals surface area (Å²) in [6, 6.07) is 4.61. The van der Waals surface area contributed by atoms with Crippen molar-refractivity contribution in [1.29, 1.82) is 0 Å². The van der Waals surface area contributed by atoms with Gasteiger partial charge in [-0.15, -0.1) is 0 Å². The van der Waals surface area contributed by atoms with Crippen LogP contribution in [0.25, 0.3) is 0 Å². The van der Waals surface area contributed by atoms with Gasteiger partial charge in [0, 0.05) is 35.0 Å². The van der Waals surface area contributed by atoms with Crippen LogP contribution in [-0.4, -0.2) is 21.6 Å². The first-order valence-corrected chi connectivity index (χ1v) is 11.8. The van der Waals surface area contributed by atoms with Crippen molar-refractivity contribution in [1.82, 2.24) is 15.0 Å². The minimum Gasteiger partial charge on any atom is -0.477 e.